The summed E-state index contributed by atoms with van der Waals surface area (Å²) < 4.78 is 48.6. The Morgan fingerprint density at radius 2 is 2.10 bits per heavy atom. The highest BCUT2D eigenvalue weighted by molar-refractivity contribution is 6.30. The van der Waals surface area contributed by atoms with E-state index in [0.29, 0.717) is 10.6 Å². The molecular weight excluding hydrogens is 332 g/mol. The molecule has 0 aromatic heterocycles. The predicted molar refractivity (Wildman–Crippen MR) is 71.4 cm³/mol. The summed E-state index contributed by atoms with van der Waals surface area (Å²) in [5, 5.41) is 0.321. The summed E-state index contributed by atoms with van der Waals surface area (Å²) in [6, 6.07) is 2.33. The first-order chi connectivity index (χ1) is 9.74. The Morgan fingerprint density at radius 3 is 2.67 bits per heavy atom. The van der Waals surface area contributed by atoms with Gasteiger partial charge in [-0.05, 0) is 30.7 Å². The maximum absolute atomic E-state index is 13.1. The highest BCUT2D eigenvalue weighted by Gasteiger charge is 2.49. The van der Waals surface area contributed by atoms with Gasteiger partial charge in [0.05, 0.1) is 5.57 Å². The quantitative estimate of drug-likeness (QED) is 0.600. The van der Waals surface area contributed by atoms with E-state index in [0.717, 1.165) is 6.08 Å². The third-order valence-electron chi connectivity index (χ3n) is 2.82. The Bertz CT molecular complexity index is 611. The highest BCUT2D eigenvalue weighted by Crippen LogP contribution is 2.40. The molecular formula is C13H9Cl2F3O3. The lowest BCUT2D eigenvalue weighted by molar-refractivity contribution is -0.187. The molecule has 0 bridgehead atoms. The second-order valence-electron chi connectivity index (χ2n) is 4.32. The molecule has 1 aromatic carbocycles. The monoisotopic (exact) mass is 340 g/mol. The molecule has 1 heterocycles. The zero-order valence-corrected chi connectivity index (χ0v) is 12.1. The van der Waals surface area contributed by atoms with Gasteiger partial charge in [0.25, 0.3) is 0 Å². The van der Waals surface area contributed by atoms with E-state index in [1.54, 1.807) is 6.92 Å². The Hall–Kier alpha value is -1.40. The van der Waals surface area contributed by atoms with Crippen LogP contribution in [0.5, 0.6) is 5.75 Å². The van der Waals surface area contributed by atoms with E-state index in [9.17, 15) is 18.0 Å². The number of halogens is 5. The molecule has 2 rings (SSSR count). The van der Waals surface area contributed by atoms with Gasteiger partial charge in [-0.15, -0.1) is 0 Å². The number of carbonyl (C=O) groups excluding carboxylic acids is 1. The van der Waals surface area contributed by atoms with E-state index in [2.05, 4.69) is 4.74 Å². The average molecular weight is 341 g/mol. The van der Waals surface area contributed by atoms with E-state index in [1.807, 2.05) is 0 Å². The van der Waals surface area contributed by atoms with Crippen LogP contribution < -0.4 is 4.74 Å². The van der Waals surface area contributed by atoms with Crippen LogP contribution in [-0.4, -0.2) is 24.3 Å². The second-order valence-corrected chi connectivity index (χ2v) is 4.98. The van der Waals surface area contributed by atoms with Gasteiger partial charge in [-0.25, -0.2) is 4.79 Å². The smallest absolute Gasteiger partial charge is 0.430 e. The molecule has 0 spiro atoms. The maximum atomic E-state index is 13.1. The number of hydrogen-bond acceptors (Lipinski definition) is 3. The molecule has 3 nitrogen and oxygen atoms in total. The third-order valence-corrected chi connectivity index (χ3v) is 3.14. The molecule has 21 heavy (non-hydrogen) atoms. The number of carbonyl (C=O) groups is 1. The van der Waals surface area contributed by atoms with Gasteiger partial charge in [0.15, 0.2) is 6.07 Å². The maximum Gasteiger partial charge on any atom is 0.430 e. The minimum Gasteiger partial charge on any atom is -0.475 e. The van der Waals surface area contributed by atoms with Gasteiger partial charge < -0.3 is 9.47 Å². The van der Waals surface area contributed by atoms with Crippen molar-refractivity contribution >= 4 is 35.2 Å². The van der Waals surface area contributed by atoms with Gasteiger partial charge in [0, 0.05) is 10.6 Å². The molecule has 0 saturated heterocycles. The van der Waals surface area contributed by atoms with Crippen LogP contribution >= 0.6 is 23.2 Å². The van der Waals surface area contributed by atoms with Crippen molar-refractivity contribution in [1.82, 2.24) is 0 Å². The topological polar surface area (TPSA) is 35.5 Å². The number of aryl methyl sites for hydroxylation is 1. The zero-order valence-electron chi connectivity index (χ0n) is 10.6. The number of fused-ring (bicyclic) bond motifs is 1. The Balaban J connectivity index is 2.55. The first kappa shape index (κ1) is 16.0. The van der Waals surface area contributed by atoms with Gasteiger partial charge in [-0.2, -0.15) is 13.2 Å². The fourth-order valence-electron chi connectivity index (χ4n) is 1.99. The summed E-state index contributed by atoms with van der Waals surface area (Å²) >= 11 is 11.1. The van der Waals surface area contributed by atoms with Crippen LogP contribution in [0.15, 0.2) is 17.7 Å². The Kier molecular flexibility index (Phi) is 4.39. The first-order valence-corrected chi connectivity index (χ1v) is 6.63. The Morgan fingerprint density at radius 1 is 1.43 bits per heavy atom. The van der Waals surface area contributed by atoms with Crippen molar-refractivity contribution in [3.8, 4) is 5.75 Å². The summed E-state index contributed by atoms with van der Waals surface area (Å²) in [6.07, 6.45) is -6.10. The SMILES string of the molecule is Cc1cc(Cl)cc2c1OC(C(F)(F)F)C(C(=O)OCCl)=C2. The molecule has 1 unspecified atom stereocenters. The molecule has 1 aliphatic heterocycles. The lowest BCUT2D eigenvalue weighted by Crippen LogP contribution is -2.41. The highest BCUT2D eigenvalue weighted by atomic mass is 35.5. The van der Waals surface area contributed by atoms with E-state index in [-0.39, 0.29) is 11.3 Å². The number of alkyl halides is 4. The van der Waals surface area contributed by atoms with Crippen molar-refractivity contribution < 1.29 is 27.4 Å². The fraction of sp³-hybridized carbons (Fsp3) is 0.308. The van der Waals surface area contributed by atoms with Crippen molar-refractivity contribution in [2.75, 3.05) is 6.07 Å². The molecule has 114 valence electrons. The third kappa shape index (κ3) is 3.27. The van der Waals surface area contributed by atoms with Crippen molar-refractivity contribution in [1.29, 1.82) is 0 Å². The molecule has 0 radical (unpaired) electrons. The lowest BCUT2D eigenvalue weighted by atomic mass is 9.99. The molecule has 1 aromatic rings. The van der Waals surface area contributed by atoms with Crippen LogP contribution in [0.2, 0.25) is 5.02 Å². The van der Waals surface area contributed by atoms with Crippen molar-refractivity contribution in [3.63, 3.8) is 0 Å². The predicted octanol–water partition coefficient (Wildman–Crippen LogP) is 4.09. The van der Waals surface area contributed by atoms with Crippen molar-refractivity contribution in [2.45, 2.75) is 19.2 Å². The number of benzene rings is 1. The first-order valence-electron chi connectivity index (χ1n) is 5.72. The number of rotatable bonds is 2. The van der Waals surface area contributed by atoms with Crippen molar-refractivity contribution in [3.05, 3.63) is 33.9 Å². The summed E-state index contributed by atoms with van der Waals surface area (Å²) in [7, 11) is 0. The normalized spacial score (nSPS) is 17.6. The van der Waals surface area contributed by atoms with Crippen LogP contribution in [0.1, 0.15) is 11.1 Å². The zero-order chi connectivity index (χ0) is 15.8. The van der Waals surface area contributed by atoms with Crippen LogP contribution in [-0.2, 0) is 9.53 Å². The number of hydrogen-bond donors (Lipinski definition) is 0. The molecule has 1 atom stereocenters. The molecule has 0 N–H and O–H groups in total. The molecule has 0 aliphatic carbocycles. The van der Waals surface area contributed by atoms with Gasteiger partial charge in [0.1, 0.15) is 5.75 Å². The van der Waals surface area contributed by atoms with Gasteiger partial charge in [-0.1, -0.05) is 23.2 Å². The van der Waals surface area contributed by atoms with Gasteiger partial charge >= 0.3 is 12.1 Å². The van der Waals surface area contributed by atoms with E-state index >= 15 is 0 Å². The van der Waals surface area contributed by atoms with Gasteiger partial charge in [0.2, 0.25) is 6.10 Å². The van der Waals surface area contributed by atoms with E-state index in [1.165, 1.54) is 12.1 Å². The second kappa shape index (κ2) is 5.77. The van der Waals surface area contributed by atoms with Crippen LogP contribution in [0.4, 0.5) is 13.2 Å². The van der Waals surface area contributed by atoms with E-state index in [4.69, 9.17) is 27.9 Å². The van der Waals surface area contributed by atoms with E-state index < -0.39 is 29.9 Å². The summed E-state index contributed by atoms with van der Waals surface area (Å²) in [5.41, 5.74) is 0.0482. The largest absolute Gasteiger partial charge is 0.475 e. The fourth-order valence-corrected chi connectivity index (χ4v) is 2.37. The van der Waals surface area contributed by atoms with Crippen LogP contribution in [0.25, 0.3) is 6.08 Å². The summed E-state index contributed by atoms with van der Waals surface area (Å²) in [5.74, 6) is -1.15. The van der Waals surface area contributed by atoms with Crippen molar-refractivity contribution in [2.24, 2.45) is 0 Å². The minimum absolute atomic E-state index is 0.0316. The molecule has 8 heteroatoms. The molecule has 0 fully saturated rings. The Labute approximate surface area is 128 Å². The van der Waals surface area contributed by atoms with Gasteiger partial charge in [-0.3, -0.25) is 0 Å². The van der Waals surface area contributed by atoms with Crippen LogP contribution in [0, 0.1) is 6.92 Å². The standard InChI is InChI=1S/C13H9Cl2F3O3/c1-6-2-8(15)3-7-4-9(12(19)20-5-14)11(13(16,17)18)21-10(6)7/h2-4,11H,5H2,1H3. The van der Waals surface area contributed by atoms with Crippen LogP contribution in [0.3, 0.4) is 0 Å². The molecule has 0 saturated carbocycles. The lowest BCUT2D eigenvalue weighted by Gasteiger charge is -2.28. The number of esters is 1. The molecule has 0 amide bonds. The molecule has 1 aliphatic rings. The summed E-state index contributed by atoms with van der Waals surface area (Å²) in [6.45, 7) is 1.56. The minimum atomic E-state index is -4.76. The summed E-state index contributed by atoms with van der Waals surface area (Å²) in [4.78, 5) is 11.6. The number of ether oxygens (including phenoxy) is 2. The average Bonchev–Trinajstić information content (AvgIpc) is 2.36.